The number of pyridine rings is 1. The Balaban J connectivity index is 1.62. The molecule has 2 heterocycles. The van der Waals surface area contributed by atoms with Crippen LogP contribution in [-0.4, -0.2) is 17.4 Å². The number of nitrogens with one attached hydrogen (secondary N) is 1. The van der Waals surface area contributed by atoms with Gasteiger partial charge in [-0.3, -0.25) is 4.79 Å². The molecule has 3 aromatic rings. The Bertz CT molecular complexity index is 1010. The number of furan rings is 1. The molecule has 0 aliphatic heterocycles. The molecule has 1 fully saturated rings. The Labute approximate surface area is 151 Å². The number of hydrogen-bond donors (Lipinski definition) is 1. The third-order valence-electron chi connectivity index (χ3n) is 5.28. The van der Waals surface area contributed by atoms with Crippen molar-refractivity contribution in [3.8, 4) is 0 Å². The van der Waals surface area contributed by atoms with Gasteiger partial charge in [-0.15, -0.1) is 0 Å². The average Bonchev–Trinajstić information content (AvgIpc) is 3.20. The van der Waals surface area contributed by atoms with Gasteiger partial charge >= 0.3 is 0 Å². The maximum absolute atomic E-state index is 13.0. The number of allylic oxidation sites excluding steroid dienone is 1. The standard InChI is InChI=1S/C22H20N2O2/c25-22(23-13-14-7-8-14)20-17-5-1-2-6-19(17)24-21-15(9-10-18(20)21)12-16-4-3-11-26-16/h1-6,11-12,14H,7-10,13H2,(H,23,25). The van der Waals surface area contributed by atoms with Crippen LogP contribution >= 0.6 is 0 Å². The van der Waals surface area contributed by atoms with Crippen LogP contribution < -0.4 is 5.32 Å². The van der Waals surface area contributed by atoms with Crippen molar-refractivity contribution in [3.63, 3.8) is 0 Å². The van der Waals surface area contributed by atoms with Crippen molar-refractivity contribution in [1.82, 2.24) is 10.3 Å². The maximum atomic E-state index is 13.0. The summed E-state index contributed by atoms with van der Waals surface area (Å²) >= 11 is 0. The third-order valence-corrected chi connectivity index (χ3v) is 5.28. The van der Waals surface area contributed by atoms with Gasteiger partial charge in [-0.2, -0.15) is 0 Å². The molecule has 2 aromatic heterocycles. The molecule has 0 bridgehead atoms. The molecule has 0 atom stereocenters. The molecule has 0 unspecified atom stereocenters. The first-order valence-electron chi connectivity index (χ1n) is 9.24. The normalized spacial score (nSPS) is 17.6. The summed E-state index contributed by atoms with van der Waals surface area (Å²) < 4.78 is 5.46. The Kier molecular flexibility index (Phi) is 3.63. The number of amides is 1. The van der Waals surface area contributed by atoms with Crippen LogP contribution in [0.5, 0.6) is 0 Å². The summed E-state index contributed by atoms with van der Waals surface area (Å²) in [7, 11) is 0. The third kappa shape index (κ3) is 2.71. The first-order valence-corrected chi connectivity index (χ1v) is 9.24. The zero-order valence-corrected chi connectivity index (χ0v) is 14.5. The lowest BCUT2D eigenvalue weighted by Crippen LogP contribution is -2.27. The summed E-state index contributed by atoms with van der Waals surface area (Å²) in [5.41, 5.74) is 4.81. The lowest BCUT2D eigenvalue weighted by Gasteiger charge is -2.12. The Morgan fingerprint density at radius 3 is 2.88 bits per heavy atom. The summed E-state index contributed by atoms with van der Waals surface area (Å²) in [6, 6.07) is 11.8. The molecule has 2 aliphatic carbocycles. The quantitative estimate of drug-likeness (QED) is 0.760. The predicted molar refractivity (Wildman–Crippen MR) is 102 cm³/mol. The van der Waals surface area contributed by atoms with Crippen molar-refractivity contribution < 1.29 is 9.21 Å². The van der Waals surface area contributed by atoms with Gasteiger partial charge in [0.1, 0.15) is 5.76 Å². The molecule has 26 heavy (non-hydrogen) atoms. The molecule has 2 aliphatic rings. The average molecular weight is 344 g/mol. The first-order chi connectivity index (χ1) is 12.8. The minimum absolute atomic E-state index is 0.0333. The van der Waals surface area contributed by atoms with Gasteiger partial charge in [-0.1, -0.05) is 18.2 Å². The molecule has 0 saturated heterocycles. The number of carbonyl (C=O) groups is 1. The number of nitrogens with zero attached hydrogens (tertiary/aromatic N) is 1. The van der Waals surface area contributed by atoms with Gasteiger partial charge in [-0.05, 0) is 67.0 Å². The van der Waals surface area contributed by atoms with Crippen LogP contribution in [0.3, 0.4) is 0 Å². The number of aromatic nitrogens is 1. The summed E-state index contributed by atoms with van der Waals surface area (Å²) in [6.45, 7) is 0.777. The highest BCUT2D eigenvalue weighted by Crippen LogP contribution is 2.37. The molecule has 1 saturated carbocycles. The molecule has 4 heteroatoms. The molecule has 0 spiro atoms. The second-order valence-electron chi connectivity index (χ2n) is 7.17. The topological polar surface area (TPSA) is 55.1 Å². The Morgan fingerprint density at radius 1 is 1.19 bits per heavy atom. The van der Waals surface area contributed by atoms with Crippen LogP contribution in [0.2, 0.25) is 0 Å². The van der Waals surface area contributed by atoms with Gasteiger partial charge in [0.05, 0.1) is 23.0 Å². The van der Waals surface area contributed by atoms with Gasteiger partial charge in [0.25, 0.3) is 5.91 Å². The van der Waals surface area contributed by atoms with E-state index in [2.05, 4.69) is 5.32 Å². The first kappa shape index (κ1) is 15.4. The van der Waals surface area contributed by atoms with Crippen molar-refractivity contribution in [1.29, 1.82) is 0 Å². The lowest BCUT2D eigenvalue weighted by atomic mass is 10.00. The van der Waals surface area contributed by atoms with Crippen LogP contribution in [0.25, 0.3) is 22.6 Å². The fraction of sp³-hybridized carbons (Fsp3) is 0.273. The van der Waals surface area contributed by atoms with Crippen molar-refractivity contribution in [3.05, 3.63) is 65.2 Å². The predicted octanol–water partition coefficient (Wildman–Crippen LogP) is 4.45. The van der Waals surface area contributed by atoms with Gasteiger partial charge in [0.2, 0.25) is 0 Å². The van der Waals surface area contributed by atoms with E-state index in [-0.39, 0.29) is 5.91 Å². The van der Waals surface area contributed by atoms with E-state index in [1.54, 1.807) is 6.26 Å². The van der Waals surface area contributed by atoms with E-state index in [1.165, 1.54) is 12.8 Å². The minimum atomic E-state index is 0.0333. The lowest BCUT2D eigenvalue weighted by molar-refractivity contribution is 0.0952. The van der Waals surface area contributed by atoms with Crippen LogP contribution in [0.15, 0.2) is 47.1 Å². The molecule has 0 radical (unpaired) electrons. The highest BCUT2D eigenvalue weighted by molar-refractivity contribution is 6.09. The highest BCUT2D eigenvalue weighted by atomic mass is 16.3. The summed E-state index contributed by atoms with van der Waals surface area (Å²) in [5, 5.41) is 4.08. The number of rotatable bonds is 4. The second kappa shape index (κ2) is 6.13. The van der Waals surface area contributed by atoms with Crippen molar-refractivity contribution in [2.75, 3.05) is 6.54 Å². The van der Waals surface area contributed by atoms with E-state index in [1.807, 2.05) is 42.5 Å². The molecular weight excluding hydrogens is 324 g/mol. The van der Waals surface area contributed by atoms with E-state index in [9.17, 15) is 4.79 Å². The summed E-state index contributed by atoms with van der Waals surface area (Å²) in [5.74, 6) is 1.52. The second-order valence-corrected chi connectivity index (χ2v) is 7.17. The van der Waals surface area contributed by atoms with E-state index in [0.717, 1.165) is 58.4 Å². The highest BCUT2D eigenvalue weighted by Gasteiger charge is 2.28. The largest absolute Gasteiger partial charge is 0.465 e. The van der Waals surface area contributed by atoms with E-state index in [0.29, 0.717) is 5.92 Å². The fourth-order valence-corrected chi connectivity index (χ4v) is 3.73. The summed E-state index contributed by atoms with van der Waals surface area (Å²) in [6.07, 6.45) is 7.89. The van der Waals surface area contributed by atoms with Gasteiger partial charge in [-0.25, -0.2) is 4.98 Å². The molecule has 1 amide bonds. The van der Waals surface area contributed by atoms with E-state index >= 15 is 0 Å². The number of carbonyl (C=O) groups excluding carboxylic acids is 1. The van der Waals surface area contributed by atoms with E-state index in [4.69, 9.17) is 9.40 Å². The molecule has 5 rings (SSSR count). The molecule has 4 nitrogen and oxygen atoms in total. The maximum Gasteiger partial charge on any atom is 0.252 e. The van der Waals surface area contributed by atoms with Gasteiger partial charge < -0.3 is 9.73 Å². The zero-order valence-electron chi connectivity index (χ0n) is 14.5. The van der Waals surface area contributed by atoms with Crippen molar-refractivity contribution in [2.24, 2.45) is 5.92 Å². The molecule has 1 N–H and O–H groups in total. The monoisotopic (exact) mass is 344 g/mol. The number of fused-ring (bicyclic) bond motifs is 2. The fourth-order valence-electron chi connectivity index (χ4n) is 3.73. The van der Waals surface area contributed by atoms with Gasteiger partial charge in [0, 0.05) is 11.9 Å². The van der Waals surface area contributed by atoms with Crippen LogP contribution in [0.1, 0.15) is 46.6 Å². The Hall–Kier alpha value is -2.88. The van der Waals surface area contributed by atoms with Crippen LogP contribution in [0, 0.1) is 5.92 Å². The number of para-hydroxylation sites is 1. The van der Waals surface area contributed by atoms with Crippen LogP contribution in [0.4, 0.5) is 0 Å². The summed E-state index contributed by atoms with van der Waals surface area (Å²) in [4.78, 5) is 17.9. The van der Waals surface area contributed by atoms with Crippen molar-refractivity contribution in [2.45, 2.75) is 25.7 Å². The minimum Gasteiger partial charge on any atom is -0.465 e. The number of hydrogen-bond acceptors (Lipinski definition) is 3. The molecular formula is C22H20N2O2. The molecule has 130 valence electrons. The van der Waals surface area contributed by atoms with E-state index < -0.39 is 0 Å². The number of benzene rings is 1. The molecule has 1 aromatic carbocycles. The smallest absolute Gasteiger partial charge is 0.252 e. The SMILES string of the molecule is O=C(NCC1CC1)c1c2c(nc3ccccc13)C(=Cc1ccco1)CC2. The van der Waals surface area contributed by atoms with Crippen molar-refractivity contribution >= 4 is 28.5 Å². The van der Waals surface area contributed by atoms with Crippen LogP contribution in [-0.2, 0) is 6.42 Å². The Morgan fingerprint density at radius 2 is 2.08 bits per heavy atom. The zero-order chi connectivity index (χ0) is 17.5. The van der Waals surface area contributed by atoms with Gasteiger partial charge in [0.15, 0.2) is 0 Å².